The second-order valence-electron chi connectivity index (χ2n) is 3.77. The third-order valence-corrected chi connectivity index (χ3v) is 3.45. The Morgan fingerprint density at radius 2 is 2.05 bits per heavy atom. The van der Waals surface area contributed by atoms with E-state index in [2.05, 4.69) is 10.4 Å². The number of amides is 1. The normalized spacial score (nSPS) is 10.2. The topological polar surface area (TPSA) is 84.2 Å². The molecule has 1 amide bonds. The van der Waals surface area contributed by atoms with Gasteiger partial charge in [0.25, 0.3) is 5.91 Å². The van der Waals surface area contributed by atoms with Gasteiger partial charge in [-0.15, -0.1) is 0 Å². The number of nitrogens with zero attached hydrogens (tertiary/aromatic N) is 2. The largest absolute Gasteiger partial charge is 0.476 e. The van der Waals surface area contributed by atoms with Crippen LogP contribution >= 0.6 is 22.6 Å². The Bertz CT molecular complexity index is 651. The highest BCUT2D eigenvalue weighted by atomic mass is 127. The highest BCUT2D eigenvalue weighted by Crippen LogP contribution is 2.17. The average molecular weight is 371 g/mol. The van der Waals surface area contributed by atoms with Gasteiger partial charge in [0.05, 0.1) is 17.4 Å². The molecule has 7 heteroatoms. The number of hydrogen-bond donors (Lipinski definition) is 2. The molecule has 0 radical (unpaired) electrons. The minimum atomic E-state index is -1.14. The molecule has 2 N–H and O–H groups in total. The lowest BCUT2D eigenvalue weighted by molar-refractivity contribution is 0.0686. The number of carboxylic acid groups (broad SMARTS) is 1. The minimum Gasteiger partial charge on any atom is -0.476 e. The first-order valence-corrected chi connectivity index (χ1v) is 6.39. The highest BCUT2D eigenvalue weighted by molar-refractivity contribution is 14.1. The molecule has 0 bridgehead atoms. The van der Waals surface area contributed by atoms with Crippen molar-refractivity contribution in [1.82, 2.24) is 9.78 Å². The zero-order valence-corrected chi connectivity index (χ0v) is 12.1. The quantitative estimate of drug-likeness (QED) is 0.809. The minimum absolute atomic E-state index is 0.0562. The van der Waals surface area contributed by atoms with Crippen LogP contribution in [0.3, 0.4) is 0 Å². The van der Waals surface area contributed by atoms with Gasteiger partial charge in [0.2, 0.25) is 0 Å². The first-order valence-electron chi connectivity index (χ1n) is 5.32. The number of carboxylic acids is 1. The lowest BCUT2D eigenvalue weighted by Crippen LogP contribution is -2.16. The van der Waals surface area contributed by atoms with E-state index in [9.17, 15) is 9.59 Å². The van der Waals surface area contributed by atoms with Crippen molar-refractivity contribution in [3.63, 3.8) is 0 Å². The third kappa shape index (κ3) is 2.75. The smallest absolute Gasteiger partial charge is 0.356 e. The van der Waals surface area contributed by atoms with Crippen molar-refractivity contribution in [3.8, 4) is 0 Å². The van der Waals surface area contributed by atoms with Crippen molar-refractivity contribution in [3.05, 3.63) is 45.3 Å². The molecule has 2 aromatic rings. The van der Waals surface area contributed by atoms with Gasteiger partial charge in [0.1, 0.15) is 0 Å². The SMILES string of the molecule is Cn1ncc(NC(=O)c2ccccc2I)c1C(=O)O. The lowest BCUT2D eigenvalue weighted by atomic mass is 10.2. The molecule has 0 spiro atoms. The van der Waals surface area contributed by atoms with E-state index in [4.69, 9.17) is 5.11 Å². The number of carbonyl (C=O) groups is 2. The van der Waals surface area contributed by atoms with Gasteiger partial charge in [0.15, 0.2) is 5.69 Å². The predicted octanol–water partition coefficient (Wildman–Crippen LogP) is 1.98. The number of rotatable bonds is 3. The summed E-state index contributed by atoms with van der Waals surface area (Å²) in [6.07, 6.45) is 1.32. The summed E-state index contributed by atoms with van der Waals surface area (Å²) in [4.78, 5) is 23.1. The molecular formula is C12H10IN3O3. The molecule has 0 fully saturated rings. The molecule has 0 aliphatic carbocycles. The van der Waals surface area contributed by atoms with Gasteiger partial charge < -0.3 is 10.4 Å². The molecule has 98 valence electrons. The molecule has 0 aliphatic heterocycles. The number of halogens is 1. The van der Waals surface area contributed by atoms with Crippen LogP contribution < -0.4 is 5.32 Å². The van der Waals surface area contributed by atoms with Gasteiger partial charge in [-0.25, -0.2) is 4.79 Å². The fourth-order valence-corrected chi connectivity index (χ4v) is 2.25. The molecule has 0 atom stereocenters. The number of aromatic carboxylic acids is 1. The molecule has 19 heavy (non-hydrogen) atoms. The monoisotopic (exact) mass is 371 g/mol. The van der Waals surface area contributed by atoms with Crippen LogP contribution in [0.2, 0.25) is 0 Å². The Morgan fingerprint density at radius 1 is 1.37 bits per heavy atom. The molecule has 1 aromatic heterocycles. The Hall–Kier alpha value is -1.90. The summed E-state index contributed by atoms with van der Waals surface area (Å²) in [5.74, 6) is -1.50. The third-order valence-electron chi connectivity index (χ3n) is 2.51. The molecule has 0 saturated heterocycles. The van der Waals surface area contributed by atoms with Crippen LogP contribution in [0.4, 0.5) is 5.69 Å². The van der Waals surface area contributed by atoms with Crippen molar-refractivity contribution < 1.29 is 14.7 Å². The Balaban J connectivity index is 2.30. The number of carbonyl (C=O) groups excluding carboxylic acids is 1. The molecule has 2 rings (SSSR count). The van der Waals surface area contributed by atoms with Crippen molar-refractivity contribution >= 4 is 40.2 Å². The average Bonchev–Trinajstić information content (AvgIpc) is 2.70. The maximum atomic E-state index is 12.1. The first kappa shape index (κ1) is 13.5. The van der Waals surface area contributed by atoms with Crippen molar-refractivity contribution in [2.45, 2.75) is 0 Å². The van der Waals surface area contributed by atoms with Gasteiger partial charge in [-0.1, -0.05) is 12.1 Å². The summed E-state index contributed by atoms with van der Waals surface area (Å²) < 4.78 is 1.99. The molecule has 0 unspecified atom stereocenters. The number of benzene rings is 1. The summed E-state index contributed by atoms with van der Waals surface area (Å²) in [6.45, 7) is 0. The second-order valence-corrected chi connectivity index (χ2v) is 4.93. The van der Waals surface area contributed by atoms with Crippen molar-refractivity contribution in [2.24, 2.45) is 7.05 Å². The van der Waals surface area contributed by atoms with E-state index < -0.39 is 5.97 Å². The maximum Gasteiger partial charge on any atom is 0.356 e. The van der Waals surface area contributed by atoms with Crippen LogP contribution in [0, 0.1) is 3.57 Å². The van der Waals surface area contributed by atoms with E-state index in [0.717, 1.165) is 3.57 Å². The zero-order valence-electron chi connectivity index (χ0n) is 9.92. The van der Waals surface area contributed by atoms with Gasteiger partial charge in [-0.05, 0) is 34.7 Å². The lowest BCUT2D eigenvalue weighted by Gasteiger charge is -2.06. The van der Waals surface area contributed by atoms with E-state index in [1.165, 1.54) is 17.9 Å². The summed E-state index contributed by atoms with van der Waals surface area (Å²) in [6, 6.07) is 7.05. The second kappa shape index (κ2) is 5.39. The van der Waals surface area contributed by atoms with Crippen LogP contribution in [0.5, 0.6) is 0 Å². The standard InChI is InChI=1S/C12H10IN3O3/c1-16-10(12(18)19)9(6-14-16)15-11(17)7-4-2-3-5-8(7)13/h2-6H,1H3,(H,15,17)(H,18,19). The van der Waals surface area contributed by atoms with E-state index in [0.29, 0.717) is 5.56 Å². The van der Waals surface area contributed by atoms with E-state index in [-0.39, 0.29) is 17.3 Å². The summed E-state index contributed by atoms with van der Waals surface area (Å²) in [7, 11) is 1.51. The predicted molar refractivity (Wildman–Crippen MR) is 77.3 cm³/mol. The van der Waals surface area contributed by atoms with Crippen molar-refractivity contribution in [1.29, 1.82) is 0 Å². The number of anilines is 1. The molecule has 6 nitrogen and oxygen atoms in total. The zero-order chi connectivity index (χ0) is 14.0. The van der Waals surface area contributed by atoms with Crippen LogP contribution in [0.25, 0.3) is 0 Å². The number of nitrogens with one attached hydrogen (secondary N) is 1. The Kier molecular flexibility index (Phi) is 3.84. The van der Waals surface area contributed by atoms with Gasteiger partial charge >= 0.3 is 5.97 Å². The fourth-order valence-electron chi connectivity index (χ4n) is 1.62. The highest BCUT2D eigenvalue weighted by Gasteiger charge is 2.18. The Labute approximate surface area is 122 Å². The summed E-state index contributed by atoms with van der Waals surface area (Å²) in [5.41, 5.74) is 0.613. The number of aryl methyl sites for hydroxylation is 1. The Morgan fingerprint density at radius 3 is 2.68 bits per heavy atom. The van der Waals surface area contributed by atoms with Gasteiger partial charge in [0, 0.05) is 10.6 Å². The van der Waals surface area contributed by atoms with E-state index in [1.807, 2.05) is 28.7 Å². The molecule has 1 heterocycles. The number of aromatic nitrogens is 2. The van der Waals surface area contributed by atoms with Gasteiger partial charge in [-0.3, -0.25) is 9.48 Å². The molecular weight excluding hydrogens is 361 g/mol. The van der Waals surface area contributed by atoms with Crippen LogP contribution in [0.1, 0.15) is 20.8 Å². The number of hydrogen-bond acceptors (Lipinski definition) is 3. The first-order chi connectivity index (χ1) is 9.00. The molecule has 1 aromatic carbocycles. The van der Waals surface area contributed by atoms with Crippen molar-refractivity contribution in [2.75, 3.05) is 5.32 Å². The molecule has 0 saturated carbocycles. The van der Waals surface area contributed by atoms with Crippen LogP contribution in [-0.2, 0) is 7.05 Å². The van der Waals surface area contributed by atoms with E-state index >= 15 is 0 Å². The van der Waals surface area contributed by atoms with Crippen LogP contribution in [-0.4, -0.2) is 26.8 Å². The molecule has 0 aliphatic rings. The summed E-state index contributed by atoms with van der Waals surface area (Å²) >= 11 is 2.05. The van der Waals surface area contributed by atoms with Crippen LogP contribution in [0.15, 0.2) is 30.5 Å². The van der Waals surface area contributed by atoms with Gasteiger partial charge in [-0.2, -0.15) is 5.10 Å². The van der Waals surface area contributed by atoms with E-state index in [1.54, 1.807) is 18.2 Å². The fraction of sp³-hybridized carbons (Fsp3) is 0.0833. The maximum absolute atomic E-state index is 12.1. The summed E-state index contributed by atoms with van der Waals surface area (Å²) in [5, 5.41) is 15.4.